The number of nitrogens with zero attached hydrogens (tertiary/aromatic N) is 2. The van der Waals surface area contributed by atoms with E-state index in [9.17, 15) is 4.79 Å². The van der Waals surface area contributed by atoms with Crippen molar-refractivity contribution in [2.45, 2.75) is 0 Å². The molecule has 1 heterocycles. The Morgan fingerprint density at radius 3 is 2.65 bits per heavy atom. The van der Waals surface area contributed by atoms with E-state index in [-0.39, 0.29) is 5.91 Å². The molecule has 0 spiro atoms. The van der Waals surface area contributed by atoms with Crippen LogP contribution in [0.1, 0.15) is 15.9 Å². The number of nitrogens with one attached hydrogen (secondary N) is 2. The number of thiazole rings is 1. The fourth-order valence-electron chi connectivity index (χ4n) is 3.24. The molecule has 188 valence electrons. The highest BCUT2D eigenvalue weighted by atomic mass is 127. The Morgan fingerprint density at radius 2 is 1.95 bits per heavy atom. The highest BCUT2D eigenvalue weighted by Gasteiger charge is 2.11. The lowest BCUT2D eigenvalue weighted by atomic mass is 10.1. The minimum Gasteiger partial charge on any atom is -0.493 e. The van der Waals surface area contributed by atoms with Gasteiger partial charge in [0.2, 0.25) is 0 Å². The molecule has 3 aromatic carbocycles. The van der Waals surface area contributed by atoms with E-state index in [0.717, 1.165) is 31.2 Å². The quantitative estimate of drug-likeness (QED) is 0.0829. The van der Waals surface area contributed by atoms with Crippen molar-refractivity contribution < 1.29 is 14.3 Å². The molecule has 4 aromatic rings. The van der Waals surface area contributed by atoms with E-state index in [1.54, 1.807) is 37.6 Å². The van der Waals surface area contributed by atoms with E-state index in [2.05, 4.69) is 50.0 Å². The molecule has 10 heteroatoms. The predicted octanol–water partition coefficient (Wildman–Crippen LogP) is 7.15. The number of carbonyl (C=O) groups excluding carboxylic acids is 1. The second kappa shape index (κ2) is 12.7. The molecule has 37 heavy (non-hydrogen) atoms. The Balaban J connectivity index is 1.37. The topological polar surface area (TPSA) is 84.8 Å². The zero-order valence-corrected chi connectivity index (χ0v) is 23.4. The summed E-state index contributed by atoms with van der Waals surface area (Å²) in [5.74, 6) is 0.890. The first kappa shape index (κ1) is 26.6. The summed E-state index contributed by atoms with van der Waals surface area (Å²) in [7, 11) is 1.57. The molecule has 0 atom stereocenters. The number of ether oxygens (including phenoxy) is 2. The zero-order valence-electron chi connectivity index (χ0n) is 19.7. The Morgan fingerprint density at radius 1 is 1.19 bits per heavy atom. The van der Waals surface area contributed by atoms with E-state index >= 15 is 0 Å². The number of anilines is 2. The van der Waals surface area contributed by atoms with E-state index in [4.69, 9.17) is 21.1 Å². The van der Waals surface area contributed by atoms with Crippen LogP contribution in [-0.4, -0.2) is 30.8 Å². The van der Waals surface area contributed by atoms with Crippen LogP contribution < -0.4 is 20.2 Å². The molecule has 0 unspecified atom stereocenters. The Kier molecular flexibility index (Phi) is 9.15. The van der Waals surface area contributed by atoms with Gasteiger partial charge in [-0.3, -0.25) is 4.79 Å². The van der Waals surface area contributed by atoms with E-state index < -0.39 is 0 Å². The Labute approximate surface area is 237 Å². The molecule has 1 amide bonds. The van der Waals surface area contributed by atoms with Gasteiger partial charge in [-0.25, -0.2) is 10.4 Å². The first-order chi connectivity index (χ1) is 18.0. The minimum atomic E-state index is -0.321. The number of carbonyl (C=O) groups is 1. The average Bonchev–Trinajstić information content (AvgIpc) is 3.37. The first-order valence-corrected chi connectivity index (χ1v) is 13.3. The lowest BCUT2D eigenvalue weighted by Gasteiger charge is -2.12. The summed E-state index contributed by atoms with van der Waals surface area (Å²) in [5.41, 5.74) is 6.42. The van der Waals surface area contributed by atoms with E-state index in [0.29, 0.717) is 28.7 Å². The van der Waals surface area contributed by atoms with Gasteiger partial charge in [-0.1, -0.05) is 36.4 Å². The maximum atomic E-state index is 12.6. The van der Waals surface area contributed by atoms with Crippen molar-refractivity contribution in [1.82, 2.24) is 10.4 Å². The van der Waals surface area contributed by atoms with Gasteiger partial charge in [0.25, 0.3) is 5.91 Å². The maximum absolute atomic E-state index is 12.6. The Hall–Kier alpha value is -3.41. The molecule has 0 fully saturated rings. The number of rotatable bonds is 10. The van der Waals surface area contributed by atoms with Gasteiger partial charge >= 0.3 is 0 Å². The highest BCUT2D eigenvalue weighted by molar-refractivity contribution is 14.1. The minimum absolute atomic E-state index is 0.321. The van der Waals surface area contributed by atoms with Gasteiger partial charge in [0, 0.05) is 27.2 Å². The standard InChI is InChI=1S/C27H22ClIN4O3S/c1-3-12-36-25-22(29)13-17(14-24(25)35-2)15-30-33-26(34)19-6-4-18(5-7-19)23-16-37-27(32-23)31-21-10-8-20(28)9-11-21/h3-11,13-16H,1,12H2,2H3,(H,31,32)(H,33,34)/b30-15-. The number of amides is 1. The summed E-state index contributed by atoms with van der Waals surface area (Å²) < 4.78 is 11.9. The molecule has 0 bridgehead atoms. The van der Waals surface area contributed by atoms with Crippen LogP contribution >= 0.6 is 45.5 Å². The van der Waals surface area contributed by atoms with Gasteiger partial charge in [0.15, 0.2) is 16.6 Å². The number of aromatic nitrogens is 1. The number of methoxy groups -OCH3 is 1. The summed E-state index contributed by atoms with van der Waals surface area (Å²) in [6, 6.07) is 18.3. The molecule has 4 rings (SSSR count). The third-order valence-corrected chi connectivity index (χ3v) is 6.83. The normalized spacial score (nSPS) is 10.8. The van der Waals surface area contributed by atoms with Crippen molar-refractivity contribution in [3.8, 4) is 22.8 Å². The van der Waals surface area contributed by atoms with Crippen molar-refractivity contribution in [1.29, 1.82) is 0 Å². The monoisotopic (exact) mass is 644 g/mol. The number of hydrazone groups is 1. The summed E-state index contributed by atoms with van der Waals surface area (Å²) in [6.45, 7) is 4.03. The number of halogens is 2. The first-order valence-electron chi connectivity index (χ1n) is 11.0. The molecule has 2 N–H and O–H groups in total. The molecule has 0 saturated carbocycles. The van der Waals surface area contributed by atoms with Crippen molar-refractivity contribution in [3.05, 3.63) is 98.4 Å². The third kappa shape index (κ3) is 7.09. The van der Waals surface area contributed by atoms with Crippen LogP contribution in [-0.2, 0) is 0 Å². The smallest absolute Gasteiger partial charge is 0.271 e. The van der Waals surface area contributed by atoms with Crippen LogP contribution in [0.25, 0.3) is 11.3 Å². The summed E-state index contributed by atoms with van der Waals surface area (Å²) in [4.78, 5) is 17.2. The number of benzene rings is 3. The molecular weight excluding hydrogens is 623 g/mol. The van der Waals surface area contributed by atoms with Gasteiger partial charge in [-0.05, 0) is 76.7 Å². The van der Waals surface area contributed by atoms with Gasteiger partial charge in [-0.2, -0.15) is 5.10 Å². The van der Waals surface area contributed by atoms with Gasteiger partial charge < -0.3 is 14.8 Å². The third-order valence-electron chi connectivity index (χ3n) is 5.02. The summed E-state index contributed by atoms with van der Waals surface area (Å²) in [5, 5.41) is 10.8. The van der Waals surface area contributed by atoms with Crippen LogP contribution in [0.4, 0.5) is 10.8 Å². The molecule has 0 saturated heterocycles. The Bertz CT molecular complexity index is 1420. The molecule has 0 aliphatic rings. The zero-order chi connectivity index (χ0) is 26.2. The SMILES string of the molecule is C=CCOc1c(I)cc(/C=N\NC(=O)c2ccc(-c3csc(Nc4ccc(Cl)cc4)n3)cc2)cc1OC. The van der Waals surface area contributed by atoms with Crippen molar-refractivity contribution in [2.24, 2.45) is 5.10 Å². The van der Waals surface area contributed by atoms with Gasteiger partial charge in [-0.15, -0.1) is 11.3 Å². The van der Waals surface area contributed by atoms with E-state index in [1.807, 2.05) is 47.8 Å². The van der Waals surface area contributed by atoms with Crippen molar-refractivity contribution in [3.63, 3.8) is 0 Å². The molecule has 0 aliphatic heterocycles. The fraction of sp³-hybridized carbons (Fsp3) is 0.0741. The molecule has 1 aromatic heterocycles. The second-order valence-electron chi connectivity index (χ2n) is 7.58. The number of hydrogen-bond acceptors (Lipinski definition) is 7. The van der Waals surface area contributed by atoms with Crippen LogP contribution in [0.15, 0.2) is 83.8 Å². The van der Waals surface area contributed by atoms with Crippen molar-refractivity contribution >= 4 is 68.5 Å². The summed E-state index contributed by atoms with van der Waals surface area (Å²) in [6.07, 6.45) is 3.22. The largest absolute Gasteiger partial charge is 0.493 e. The fourth-order valence-corrected chi connectivity index (χ4v) is 4.89. The molecule has 7 nitrogen and oxygen atoms in total. The van der Waals surface area contributed by atoms with Crippen molar-refractivity contribution in [2.75, 3.05) is 19.0 Å². The molecule has 0 radical (unpaired) electrons. The van der Waals surface area contributed by atoms with Gasteiger partial charge in [0.05, 0.1) is 22.6 Å². The lowest BCUT2D eigenvalue weighted by Crippen LogP contribution is -2.17. The average molecular weight is 645 g/mol. The van der Waals surface area contributed by atoms with Crippen LogP contribution in [0.3, 0.4) is 0 Å². The van der Waals surface area contributed by atoms with Crippen LogP contribution in [0.5, 0.6) is 11.5 Å². The molecule has 0 aliphatic carbocycles. The molecular formula is C27H22ClIN4O3S. The number of hydrogen-bond donors (Lipinski definition) is 2. The highest BCUT2D eigenvalue weighted by Crippen LogP contribution is 2.33. The summed E-state index contributed by atoms with van der Waals surface area (Å²) >= 11 is 9.60. The lowest BCUT2D eigenvalue weighted by molar-refractivity contribution is 0.0955. The maximum Gasteiger partial charge on any atom is 0.271 e. The van der Waals surface area contributed by atoms with Crippen LogP contribution in [0, 0.1) is 3.57 Å². The second-order valence-corrected chi connectivity index (χ2v) is 10.0. The van der Waals surface area contributed by atoms with E-state index in [1.165, 1.54) is 11.3 Å². The predicted molar refractivity (Wildman–Crippen MR) is 159 cm³/mol. The van der Waals surface area contributed by atoms with Gasteiger partial charge in [0.1, 0.15) is 6.61 Å². The van der Waals surface area contributed by atoms with Crippen LogP contribution in [0.2, 0.25) is 5.02 Å².